The Bertz CT molecular complexity index is 1580. The van der Waals surface area contributed by atoms with Crippen LogP contribution in [0.5, 0.6) is 0 Å². The van der Waals surface area contributed by atoms with E-state index in [9.17, 15) is 13.2 Å². The lowest BCUT2D eigenvalue weighted by atomic mass is 9.95. The van der Waals surface area contributed by atoms with E-state index >= 15 is 0 Å². The predicted molar refractivity (Wildman–Crippen MR) is 167 cm³/mol. The number of nitrogens with zero attached hydrogens (tertiary/aromatic N) is 4. The largest absolute Gasteiger partial charge is 0.365 e. The van der Waals surface area contributed by atoms with Crippen molar-refractivity contribution >= 4 is 33.8 Å². The number of aryl methyl sites for hydroxylation is 5. The molecular formula is C33H42N4O4S. The first-order valence-electron chi connectivity index (χ1n) is 14.8. The molecule has 1 amide bonds. The molecule has 0 saturated carbocycles. The van der Waals surface area contributed by atoms with Crippen LogP contribution in [0.15, 0.2) is 45.8 Å². The van der Waals surface area contributed by atoms with Gasteiger partial charge in [-0.1, -0.05) is 41.1 Å². The van der Waals surface area contributed by atoms with E-state index < -0.39 is 10.0 Å². The third-order valence-electron chi connectivity index (χ3n) is 8.65. The number of amides is 1. The van der Waals surface area contributed by atoms with Gasteiger partial charge >= 0.3 is 0 Å². The summed E-state index contributed by atoms with van der Waals surface area (Å²) in [4.78, 5) is 17.9. The van der Waals surface area contributed by atoms with Gasteiger partial charge < -0.3 is 14.3 Å². The number of piperazine rings is 1. The maximum Gasteiger partial charge on any atom is 0.248 e. The average molecular weight is 591 g/mol. The number of hydrogen-bond acceptors (Lipinski definition) is 6. The molecule has 2 aliphatic heterocycles. The summed E-state index contributed by atoms with van der Waals surface area (Å²) in [5.74, 6) is 0.187. The molecule has 224 valence electrons. The van der Waals surface area contributed by atoms with Gasteiger partial charge in [-0.3, -0.25) is 4.79 Å². The highest BCUT2D eigenvalue weighted by molar-refractivity contribution is 7.89. The highest BCUT2D eigenvalue weighted by Gasteiger charge is 2.38. The predicted octanol–water partition coefficient (Wildman–Crippen LogP) is 5.53. The molecule has 5 rings (SSSR count). The molecule has 0 spiro atoms. The molecule has 1 unspecified atom stereocenters. The fraction of sp³-hybridized carbons (Fsp3) is 0.455. The van der Waals surface area contributed by atoms with E-state index in [-0.39, 0.29) is 28.5 Å². The summed E-state index contributed by atoms with van der Waals surface area (Å²) in [7, 11) is -3.84. The van der Waals surface area contributed by atoms with Crippen LogP contribution in [-0.2, 0) is 14.8 Å². The van der Waals surface area contributed by atoms with Gasteiger partial charge in [0, 0.05) is 50.4 Å². The Hall–Kier alpha value is -3.43. The molecule has 0 radical (unpaired) electrons. The van der Waals surface area contributed by atoms with Crippen molar-refractivity contribution in [1.82, 2.24) is 14.4 Å². The first-order valence-corrected chi connectivity index (χ1v) is 16.2. The second kappa shape index (κ2) is 12.1. The maximum atomic E-state index is 13.8. The Labute approximate surface area is 250 Å². The lowest BCUT2D eigenvalue weighted by Crippen LogP contribution is -2.55. The zero-order valence-electron chi connectivity index (χ0n) is 25.6. The monoisotopic (exact) mass is 590 g/mol. The molecule has 1 aromatic heterocycles. The number of aromatic nitrogens is 1. The summed E-state index contributed by atoms with van der Waals surface area (Å²) < 4.78 is 34.5. The van der Waals surface area contributed by atoms with Gasteiger partial charge in [-0.2, -0.15) is 4.31 Å². The van der Waals surface area contributed by atoms with Crippen molar-refractivity contribution in [2.24, 2.45) is 5.92 Å². The summed E-state index contributed by atoms with van der Waals surface area (Å²) in [5.41, 5.74) is 7.19. The lowest BCUT2D eigenvalue weighted by Gasteiger charge is -2.43. The van der Waals surface area contributed by atoms with E-state index in [2.05, 4.69) is 67.2 Å². The molecule has 0 aliphatic carbocycles. The van der Waals surface area contributed by atoms with Crippen molar-refractivity contribution in [2.75, 3.05) is 37.6 Å². The van der Waals surface area contributed by atoms with Crippen molar-refractivity contribution in [3.05, 3.63) is 75.7 Å². The molecule has 8 nitrogen and oxygen atoms in total. The fourth-order valence-electron chi connectivity index (χ4n) is 6.49. The van der Waals surface area contributed by atoms with E-state index in [1.54, 1.807) is 13.0 Å². The number of piperidine rings is 1. The first-order chi connectivity index (χ1) is 20.0. The average Bonchev–Trinajstić information content (AvgIpc) is 3.33. The van der Waals surface area contributed by atoms with Crippen LogP contribution in [0.2, 0.25) is 0 Å². The van der Waals surface area contributed by atoms with Gasteiger partial charge in [0.05, 0.1) is 0 Å². The summed E-state index contributed by atoms with van der Waals surface area (Å²) in [6.45, 7) is 14.8. The van der Waals surface area contributed by atoms with Crippen LogP contribution in [0.4, 0.5) is 5.69 Å². The first kappa shape index (κ1) is 30.0. The standard InChI is InChI=1S/C33H42N4O4S/c1-22-8-7-9-29(20-22)37-17-16-35(21-26(37)5)33(38)28-12-14-36(15-13-28)42(39,40)32-27(6)34-41-31(32)11-10-30-24(3)18-23(2)19-25(30)4/h7-11,18-20,26,28H,12-17,21H2,1-6H3. The van der Waals surface area contributed by atoms with E-state index in [4.69, 9.17) is 4.52 Å². The molecule has 1 atom stereocenters. The number of hydrogen-bond donors (Lipinski definition) is 0. The quantitative estimate of drug-likeness (QED) is 0.376. The van der Waals surface area contributed by atoms with Gasteiger partial charge in [0.2, 0.25) is 15.9 Å². The minimum Gasteiger partial charge on any atom is -0.365 e. The van der Waals surface area contributed by atoms with Gasteiger partial charge in [0.15, 0.2) is 10.7 Å². The topological polar surface area (TPSA) is 87.0 Å². The smallest absolute Gasteiger partial charge is 0.248 e. The summed E-state index contributed by atoms with van der Waals surface area (Å²) in [5, 5.41) is 4.00. The second-order valence-corrected chi connectivity index (χ2v) is 13.8. The molecule has 0 bridgehead atoms. The van der Waals surface area contributed by atoms with E-state index in [0.717, 1.165) is 23.2 Å². The minimum atomic E-state index is -3.84. The van der Waals surface area contributed by atoms with Crippen LogP contribution >= 0.6 is 0 Å². The van der Waals surface area contributed by atoms with Gasteiger partial charge in [-0.15, -0.1) is 0 Å². The van der Waals surface area contributed by atoms with E-state index in [1.165, 1.54) is 21.1 Å². The molecule has 2 saturated heterocycles. The van der Waals surface area contributed by atoms with Crippen LogP contribution in [-0.4, -0.2) is 67.5 Å². The van der Waals surface area contributed by atoms with Crippen molar-refractivity contribution in [2.45, 2.75) is 65.3 Å². The highest BCUT2D eigenvalue weighted by atomic mass is 32.2. The molecule has 42 heavy (non-hydrogen) atoms. The van der Waals surface area contributed by atoms with Gasteiger partial charge in [-0.05, 0) is 94.8 Å². The zero-order valence-corrected chi connectivity index (χ0v) is 26.4. The molecule has 3 heterocycles. The van der Waals surface area contributed by atoms with E-state index in [1.807, 2.05) is 24.8 Å². The number of rotatable bonds is 6. The van der Waals surface area contributed by atoms with E-state index in [0.29, 0.717) is 44.7 Å². The SMILES string of the molecule is Cc1cccc(N2CCN(C(=O)C3CCN(S(=O)(=O)c4c(C)noc4C=Cc4c(C)cc(C)cc4C)CC3)CC2C)c1. The molecular weight excluding hydrogens is 548 g/mol. The van der Waals surface area contributed by atoms with Crippen LogP contribution in [0.1, 0.15) is 59.0 Å². The molecule has 2 aliphatic rings. The lowest BCUT2D eigenvalue weighted by molar-refractivity contribution is -0.137. The Kier molecular flexibility index (Phi) is 8.62. The number of carbonyl (C=O) groups excluding carboxylic acids is 1. The highest BCUT2D eigenvalue weighted by Crippen LogP contribution is 2.31. The molecule has 3 aromatic rings. The molecule has 2 aromatic carbocycles. The van der Waals surface area contributed by atoms with Gasteiger partial charge in [0.1, 0.15) is 5.69 Å². The Morgan fingerprint density at radius 1 is 0.929 bits per heavy atom. The number of benzene rings is 2. The fourth-order valence-corrected chi connectivity index (χ4v) is 8.21. The molecule has 9 heteroatoms. The zero-order chi connectivity index (χ0) is 30.2. The maximum absolute atomic E-state index is 13.8. The molecule has 0 N–H and O–H groups in total. The van der Waals surface area contributed by atoms with Crippen molar-refractivity contribution in [3.8, 4) is 0 Å². The van der Waals surface area contributed by atoms with Crippen LogP contribution in [0.25, 0.3) is 12.2 Å². The van der Waals surface area contributed by atoms with Gasteiger partial charge in [-0.25, -0.2) is 8.42 Å². The Morgan fingerprint density at radius 2 is 1.62 bits per heavy atom. The van der Waals surface area contributed by atoms with Crippen molar-refractivity contribution in [3.63, 3.8) is 0 Å². The Morgan fingerprint density at radius 3 is 2.26 bits per heavy atom. The van der Waals surface area contributed by atoms with Crippen LogP contribution < -0.4 is 4.90 Å². The number of carbonyl (C=O) groups is 1. The number of anilines is 1. The molecule has 2 fully saturated rings. The minimum absolute atomic E-state index is 0.104. The summed E-state index contributed by atoms with van der Waals surface area (Å²) in [6.07, 6.45) is 4.60. The third kappa shape index (κ3) is 6.03. The third-order valence-corrected chi connectivity index (χ3v) is 10.7. The van der Waals surface area contributed by atoms with Crippen LogP contribution in [0.3, 0.4) is 0 Å². The van der Waals surface area contributed by atoms with Gasteiger partial charge in [0.25, 0.3) is 0 Å². The van der Waals surface area contributed by atoms with Crippen LogP contribution in [0, 0.1) is 40.5 Å². The normalized spacial score (nSPS) is 19.1. The number of sulfonamides is 1. The Balaban J connectivity index is 1.24. The summed E-state index contributed by atoms with van der Waals surface area (Å²) in [6, 6.07) is 12.9. The second-order valence-electron chi connectivity index (χ2n) is 12.0. The van der Waals surface area contributed by atoms with Crippen molar-refractivity contribution < 1.29 is 17.7 Å². The van der Waals surface area contributed by atoms with Crippen molar-refractivity contribution in [1.29, 1.82) is 0 Å². The summed E-state index contributed by atoms with van der Waals surface area (Å²) >= 11 is 0.